The summed E-state index contributed by atoms with van der Waals surface area (Å²) in [6.45, 7) is 0.294. The Bertz CT molecular complexity index is 540. The summed E-state index contributed by atoms with van der Waals surface area (Å²) in [6, 6.07) is 6.74. The molecular formula is C16H20BrNO4. The van der Waals surface area contributed by atoms with Crippen LogP contribution in [-0.2, 0) is 19.7 Å². The van der Waals surface area contributed by atoms with Crippen molar-refractivity contribution in [3.63, 3.8) is 0 Å². The summed E-state index contributed by atoms with van der Waals surface area (Å²) < 4.78 is 5.86. The minimum atomic E-state index is -1.03. The molecule has 1 aromatic rings. The predicted molar refractivity (Wildman–Crippen MR) is 85.7 cm³/mol. The van der Waals surface area contributed by atoms with Crippen LogP contribution in [0.25, 0.3) is 0 Å². The number of carboxylic acid groups (broad SMARTS) is 1. The molecule has 2 N–H and O–H groups in total. The highest BCUT2D eigenvalue weighted by Gasteiger charge is 2.46. The molecule has 0 saturated heterocycles. The fourth-order valence-corrected chi connectivity index (χ4v) is 3.00. The molecule has 0 spiro atoms. The number of carbonyl (C=O) groups excluding carboxylic acids is 1. The number of hydrogen-bond donors (Lipinski definition) is 2. The number of carbonyl (C=O) groups is 2. The number of rotatable bonds is 7. The van der Waals surface area contributed by atoms with Crippen molar-refractivity contribution in [1.82, 2.24) is 5.32 Å². The van der Waals surface area contributed by atoms with Gasteiger partial charge in [0.2, 0.25) is 5.91 Å². The molecule has 0 bridgehead atoms. The topological polar surface area (TPSA) is 75.6 Å². The van der Waals surface area contributed by atoms with Gasteiger partial charge in [-0.3, -0.25) is 4.79 Å². The van der Waals surface area contributed by atoms with Gasteiger partial charge in [0.25, 0.3) is 0 Å². The molecule has 120 valence electrons. The van der Waals surface area contributed by atoms with E-state index in [4.69, 9.17) is 4.74 Å². The van der Waals surface area contributed by atoms with Crippen LogP contribution >= 0.6 is 15.9 Å². The second-order valence-electron chi connectivity index (χ2n) is 5.59. The van der Waals surface area contributed by atoms with Crippen LogP contribution in [0, 0.1) is 0 Å². The van der Waals surface area contributed by atoms with Crippen molar-refractivity contribution in [3.05, 3.63) is 34.3 Å². The van der Waals surface area contributed by atoms with Gasteiger partial charge in [0.1, 0.15) is 6.04 Å². The van der Waals surface area contributed by atoms with Crippen LogP contribution in [-0.4, -0.2) is 36.7 Å². The zero-order valence-corrected chi connectivity index (χ0v) is 14.1. The Labute approximate surface area is 138 Å². The lowest BCUT2D eigenvalue weighted by atomic mass is 9.63. The van der Waals surface area contributed by atoms with Gasteiger partial charge in [-0.2, -0.15) is 0 Å². The van der Waals surface area contributed by atoms with E-state index in [1.807, 2.05) is 24.3 Å². The second kappa shape index (κ2) is 7.24. The number of amides is 1. The normalized spacial score (nSPS) is 17.4. The Morgan fingerprint density at radius 1 is 1.36 bits per heavy atom. The molecule has 1 fully saturated rings. The Morgan fingerprint density at radius 3 is 2.45 bits per heavy atom. The molecule has 0 radical (unpaired) electrons. The van der Waals surface area contributed by atoms with Gasteiger partial charge in [-0.1, -0.05) is 34.5 Å². The van der Waals surface area contributed by atoms with Crippen LogP contribution in [0.5, 0.6) is 0 Å². The van der Waals surface area contributed by atoms with Gasteiger partial charge in [0.15, 0.2) is 0 Å². The summed E-state index contributed by atoms with van der Waals surface area (Å²) in [5, 5.41) is 11.9. The third-order valence-electron chi connectivity index (χ3n) is 4.25. The van der Waals surface area contributed by atoms with Crippen molar-refractivity contribution in [1.29, 1.82) is 0 Å². The minimum absolute atomic E-state index is 0.204. The first-order valence-electron chi connectivity index (χ1n) is 7.28. The summed E-state index contributed by atoms with van der Waals surface area (Å²) in [6.07, 6.45) is 2.72. The van der Waals surface area contributed by atoms with Gasteiger partial charge in [-0.05, 0) is 30.5 Å². The highest BCUT2D eigenvalue weighted by Crippen LogP contribution is 2.44. The first kappa shape index (κ1) is 17.0. The number of aliphatic carboxylic acids is 1. The maximum atomic E-state index is 12.7. The van der Waals surface area contributed by atoms with E-state index in [0.717, 1.165) is 29.3 Å². The fourth-order valence-electron chi connectivity index (χ4n) is 2.74. The molecule has 1 atom stereocenters. The van der Waals surface area contributed by atoms with E-state index in [9.17, 15) is 14.7 Å². The number of nitrogens with one attached hydrogen (secondary N) is 1. The number of benzene rings is 1. The van der Waals surface area contributed by atoms with Gasteiger partial charge < -0.3 is 15.2 Å². The minimum Gasteiger partial charge on any atom is -0.480 e. The largest absolute Gasteiger partial charge is 0.480 e. The summed E-state index contributed by atoms with van der Waals surface area (Å²) in [5.41, 5.74) is 0.344. The van der Waals surface area contributed by atoms with Gasteiger partial charge >= 0.3 is 5.97 Å². The van der Waals surface area contributed by atoms with Crippen LogP contribution in [0.15, 0.2) is 28.7 Å². The lowest BCUT2D eigenvalue weighted by molar-refractivity contribution is -0.144. The van der Waals surface area contributed by atoms with Crippen LogP contribution < -0.4 is 5.32 Å². The predicted octanol–water partition coefficient (Wildman–Crippen LogP) is 2.48. The van der Waals surface area contributed by atoms with Gasteiger partial charge in [0.05, 0.1) is 5.41 Å². The van der Waals surface area contributed by atoms with E-state index < -0.39 is 17.4 Å². The van der Waals surface area contributed by atoms with E-state index in [1.165, 1.54) is 7.11 Å². The first-order valence-corrected chi connectivity index (χ1v) is 8.07. The molecule has 1 unspecified atom stereocenters. The molecule has 0 heterocycles. The standard InChI is InChI=1S/C16H20BrNO4/c1-22-10-7-13(14(19)20)18-15(21)16(8-2-9-16)11-3-5-12(17)6-4-11/h3-6,13H,2,7-10H2,1H3,(H,18,21)(H,19,20). The molecule has 6 heteroatoms. The smallest absolute Gasteiger partial charge is 0.326 e. The zero-order chi connectivity index (χ0) is 16.2. The maximum absolute atomic E-state index is 12.7. The quantitative estimate of drug-likeness (QED) is 0.773. The van der Waals surface area contributed by atoms with Crippen LogP contribution in [0.3, 0.4) is 0 Å². The molecule has 5 nitrogen and oxygen atoms in total. The third-order valence-corrected chi connectivity index (χ3v) is 4.78. The molecule has 22 heavy (non-hydrogen) atoms. The van der Waals surface area contributed by atoms with Crippen LogP contribution in [0.1, 0.15) is 31.2 Å². The van der Waals surface area contributed by atoms with E-state index in [2.05, 4.69) is 21.2 Å². The van der Waals surface area contributed by atoms with Crippen molar-refractivity contribution in [2.75, 3.05) is 13.7 Å². The van der Waals surface area contributed by atoms with Gasteiger partial charge in [-0.15, -0.1) is 0 Å². The number of carboxylic acids is 1. The van der Waals surface area contributed by atoms with Crippen molar-refractivity contribution in [2.24, 2.45) is 0 Å². The van der Waals surface area contributed by atoms with Gasteiger partial charge in [-0.25, -0.2) is 4.79 Å². The van der Waals surface area contributed by atoms with Crippen LogP contribution in [0.4, 0.5) is 0 Å². The van der Waals surface area contributed by atoms with Crippen molar-refractivity contribution in [3.8, 4) is 0 Å². The van der Waals surface area contributed by atoms with E-state index in [0.29, 0.717) is 6.61 Å². The number of ether oxygens (including phenoxy) is 1. The van der Waals surface area contributed by atoms with E-state index in [-0.39, 0.29) is 12.3 Å². The fraction of sp³-hybridized carbons (Fsp3) is 0.500. The number of methoxy groups -OCH3 is 1. The average Bonchev–Trinajstić information content (AvgIpc) is 2.44. The highest BCUT2D eigenvalue weighted by molar-refractivity contribution is 9.10. The Kier molecular flexibility index (Phi) is 5.58. The zero-order valence-electron chi connectivity index (χ0n) is 12.5. The monoisotopic (exact) mass is 369 g/mol. The molecular weight excluding hydrogens is 350 g/mol. The molecule has 2 rings (SSSR count). The average molecular weight is 370 g/mol. The van der Waals surface area contributed by atoms with Crippen molar-refractivity contribution < 1.29 is 19.4 Å². The lowest BCUT2D eigenvalue weighted by Crippen LogP contribution is -2.54. The summed E-state index contributed by atoms with van der Waals surface area (Å²) in [7, 11) is 1.51. The van der Waals surface area contributed by atoms with Gasteiger partial charge in [0, 0.05) is 24.6 Å². The Hall–Kier alpha value is -1.40. The van der Waals surface area contributed by atoms with Crippen molar-refractivity contribution >= 4 is 27.8 Å². The third kappa shape index (κ3) is 3.50. The molecule has 1 aliphatic rings. The Morgan fingerprint density at radius 2 is 2.00 bits per heavy atom. The second-order valence-corrected chi connectivity index (χ2v) is 6.50. The lowest BCUT2D eigenvalue weighted by Gasteiger charge is -2.41. The molecule has 0 aromatic heterocycles. The summed E-state index contributed by atoms with van der Waals surface area (Å²) in [4.78, 5) is 24.0. The molecule has 1 amide bonds. The molecule has 1 saturated carbocycles. The SMILES string of the molecule is COCCC(NC(=O)C1(c2ccc(Br)cc2)CCC1)C(=O)O. The maximum Gasteiger partial charge on any atom is 0.326 e. The van der Waals surface area contributed by atoms with Crippen LogP contribution in [0.2, 0.25) is 0 Å². The highest BCUT2D eigenvalue weighted by atomic mass is 79.9. The first-order chi connectivity index (χ1) is 10.5. The molecule has 1 aromatic carbocycles. The molecule has 1 aliphatic carbocycles. The molecule has 0 aliphatic heterocycles. The van der Waals surface area contributed by atoms with Crippen molar-refractivity contribution in [2.45, 2.75) is 37.1 Å². The van der Waals surface area contributed by atoms with E-state index >= 15 is 0 Å². The number of hydrogen-bond acceptors (Lipinski definition) is 3. The number of halogens is 1. The van der Waals surface area contributed by atoms with E-state index in [1.54, 1.807) is 0 Å². The summed E-state index contributed by atoms with van der Waals surface area (Å²) >= 11 is 3.38. The Balaban J connectivity index is 2.14. The summed E-state index contributed by atoms with van der Waals surface area (Å²) in [5.74, 6) is -1.24.